The fraction of sp³-hybridized carbons (Fsp3) is 1.00. The molecule has 1 aliphatic rings. The molecule has 0 spiro atoms. The number of hydrogen-bond donors (Lipinski definition) is 1. The molecule has 0 bridgehead atoms. The minimum absolute atomic E-state index is 0. The lowest BCUT2D eigenvalue weighted by Crippen LogP contribution is -2.30. The molecule has 50 valence electrons. The average Bonchev–Trinajstić information content (AvgIpc) is 1.69. The van der Waals surface area contributed by atoms with Gasteiger partial charge in [-0.05, 0) is 12.8 Å². The molecule has 0 aromatic carbocycles. The van der Waals surface area contributed by atoms with Crippen molar-refractivity contribution in [2.24, 2.45) is 5.73 Å². The summed E-state index contributed by atoms with van der Waals surface area (Å²) in [5, 5.41) is 0. The molecule has 0 aliphatic carbocycles. The maximum Gasteiger partial charge on any atom is 0.0617 e. The van der Waals surface area contributed by atoms with E-state index in [2.05, 4.69) is 0 Å². The Kier molecular flexibility index (Phi) is 4.23. The topological polar surface area (TPSA) is 35.2 Å². The van der Waals surface area contributed by atoms with Crippen molar-refractivity contribution in [3.8, 4) is 0 Å². The summed E-state index contributed by atoms with van der Waals surface area (Å²) in [5.74, 6) is 0. The second-order valence-electron chi connectivity index (χ2n) is 1.98. The van der Waals surface area contributed by atoms with Crippen molar-refractivity contribution in [3.05, 3.63) is 0 Å². The molecule has 1 fully saturated rings. The van der Waals surface area contributed by atoms with Crippen molar-refractivity contribution in [2.75, 3.05) is 13.2 Å². The largest absolute Gasteiger partial charge is 0.380 e. The van der Waals surface area contributed by atoms with Gasteiger partial charge in [0.25, 0.3) is 0 Å². The van der Waals surface area contributed by atoms with Crippen LogP contribution in [0.4, 0.5) is 0 Å². The Labute approximate surface area is 55.8 Å². The maximum atomic E-state index is 5.51. The lowest BCUT2D eigenvalue weighted by molar-refractivity contribution is 0.0822. The molecule has 0 amide bonds. The SMILES string of the molecule is Cl.NC1CCCOC1. The highest BCUT2D eigenvalue weighted by Gasteiger charge is 2.06. The van der Waals surface area contributed by atoms with Crippen molar-refractivity contribution >= 4 is 12.4 Å². The monoisotopic (exact) mass is 137 g/mol. The van der Waals surface area contributed by atoms with Crippen molar-refractivity contribution in [3.63, 3.8) is 0 Å². The van der Waals surface area contributed by atoms with Crippen LogP contribution in [-0.2, 0) is 4.74 Å². The van der Waals surface area contributed by atoms with Crippen LogP contribution in [0.25, 0.3) is 0 Å². The van der Waals surface area contributed by atoms with Gasteiger partial charge in [-0.2, -0.15) is 0 Å². The van der Waals surface area contributed by atoms with Crippen LogP contribution in [0.1, 0.15) is 12.8 Å². The van der Waals surface area contributed by atoms with Crippen LogP contribution in [0.2, 0.25) is 0 Å². The molecule has 1 heterocycles. The third-order valence-electron chi connectivity index (χ3n) is 1.20. The molecule has 1 unspecified atom stereocenters. The molecule has 8 heavy (non-hydrogen) atoms. The summed E-state index contributed by atoms with van der Waals surface area (Å²) in [6.07, 6.45) is 2.28. The molecule has 0 aromatic heterocycles. The zero-order valence-electron chi connectivity index (χ0n) is 4.80. The first-order valence-corrected chi connectivity index (χ1v) is 2.73. The van der Waals surface area contributed by atoms with E-state index in [1.165, 1.54) is 0 Å². The molecule has 2 N–H and O–H groups in total. The van der Waals surface area contributed by atoms with Gasteiger partial charge in [0.05, 0.1) is 6.61 Å². The van der Waals surface area contributed by atoms with E-state index in [0.717, 1.165) is 26.1 Å². The fourth-order valence-electron chi connectivity index (χ4n) is 0.766. The van der Waals surface area contributed by atoms with Gasteiger partial charge in [0.1, 0.15) is 0 Å². The van der Waals surface area contributed by atoms with Crippen LogP contribution in [0.15, 0.2) is 0 Å². The Morgan fingerprint density at radius 2 is 2.25 bits per heavy atom. The number of rotatable bonds is 0. The van der Waals surface area contributed by atoms with Crippen LogP contribution >= 0.6 is 12.4 Å². The Balaban J connectivity index is 0.000000490. The Bertz CT molecular complexity index is 54.4. The number of ether oxygens (including phenoxy) is 1. The fourth-order valence-corrected chi connectivity index (χ4v) is 0.766. The van der Waals surface area contributed by atoms with Gasteiger partial charge in [-0.25, -0.2) is 0 Å². The Morgan fingerprint density at radius 1 is 1.50 bits per heavy atom. The number of hydrogen-bond acceptors (Lipinski definition) is 2. The van der Waals surface area contributed by atoms with E-state index in [-0.39, 0.29) is 12.4 Å². The molecule has 1 saturated heterocycles. The molecule has 1 aliphatic heterocycles. The Hall–Kier alpha value is 0.210. The third kappa shape index (κ3) is 2.50. The first-order chi connectivity index (χ1) is 3.39. The first kappa shape index (κ1) is 8.21. The molecular formula is C5H12ClNO. The normalized spacial score (nSPS) is 28.9. The van der Waals surface area contributed by atoms with E-state index in [1.54, 1.807) is 0 Å². The quantitative estimate of drug-likeness (QED) is 0.529. The number of nitrogens with two attached hydrogens (primary N) is 1. The molecule has 0 saturated carbocycles. The van der Waals surface area contributed by atoms with Crippen molar-refractivity contribution in [1.82, 2.24) is 0 Å². The summed E-state index contributed by atoms with van der Waals surface area (Å²) in [7, 11) is 0. The highest BCUT2D eigenvalue weighted by atomic mass is 35.5. The van der Waals surface area contributed by atoms with Gasteiger partial charge >= 0.3 is 0 Å². The number of halogens is 1. The lowest BCUT2D eigenvalue weighted by atomic mass is 10.1. The highest BCUT2D eigenvalue weighted by molar-refractivity contribution is 5.85. The van der Waals surface area contributed by atoms with Crippen molar-refractivity contribution in [2.45, 2.75) is 18.9 Å². The third-order valence-corrected chi connectivity index (χ3v) is 1.20. The zero-order chi connectivity index (χ0) is 5.11. The summed E-state index contributed by atoms with van der Waals surface area (Å²) < 4.78 is 5.06. The van der Waals surface area contributed by atoms with Crippen LogP contribution in [-0.4, -0.2) is 19.3 Å². The van der Waals surface area contributed by atoms with E-state index in [0.29, 0.717) is 6.04 Å². The second-order valence-corrected chi connectivity index (χ2v) is 1.98. The Morgan fingerprint density at radius 3 is 2.50 bits per heavy atom. The minimum Gasteiger partial charge on any atom is -0.380 e. The van der Waals surface area contributed by atoms with Crippen LogP contribution in [0, 0.1) is 0 Å². The van der Waals surface area contributed by atoms with Gasteiger partial charge in [-0.3, -0.25) is 0 Å². The molecule has 1 atom stereocenters. The molecule has 0 aromatic rings. The van der Waals surface area contributed by atoms with E-state index < -0.39 is 0 Å². The summed E-state index contributed by atoms with van der Waals surface area (Å²) in [6, 6.07) is 0.314. The molecule has 3 heteroatoms. The first-order valence-electron chi connectivity index (χ1n) is 2.73. The average molecular weight is 138 g/mol. The van der Waals surface area contributed by atoms with Gasteiger partial charge in [-0.15, -0.1) is 12.4 Å². The second kappa shape index (κ2) is 4.13. The summed E-state index contributed by atoms with van der Waals surface area (Å²) >= 11 is 0. The summed E-state index contributed by atoms with van der Waals surface area (Å²) in [4.78, 5) is 0. The van der Waals surface area contributed by atoms with Gasteiger partial charge in [0.2, 0.25) is 0 Å². The smallest absolute Gasteiger partial charge is 0.0617 e. The van der Waals surface area contributed by atoms with E-state index in [4.69, 9.17) is 10.5 Å². The van der Waals surface area contributed by atoms with Gasteiger partial charge < -0.3 is 10.5 Å². The highest BCUT2D eigenvalue weighted by Crippen LogP contribution is 2.01. The maximum absolute atomic E-state index is 5.51. The standard InChI is InChI=1S/C5H11NO.ClH/c6-5-2-1-3-7-4-5;/h5H,1-4,6H2;1H. The molecule has 0 radical (unpaired) electrons. The predicted octanol–water partition coefficient (Wildman–Crippen LogP) is 0.546. The van der Waals surface area contributed by atoms with Gasteiger partial charge in [0.15, 0.2) is 0 Å². The molecular weight excluding hydrogens is 126 g/mol. The molecule has 1 rings (SSSR count). The van der Waals surface area contributed by atoms with Gasteiger partial charge in [-0.1, -0.05) is 0 Å². The van der Waals surface area contributed by atoms with E-state index >= 15 is 0 Å². The lowest BCUT2D eigenvalue weighted by Gasteiger charge is -2.16. The summed E-state index contributed by atoms with van der Waals surface area (Å²) in [6.45, 7) is 1.67. The van der Waals surface area contributed by atoms with Crippen molar-refractivity contribution < 1.29 is 4.74 Å². The van der Waals surface area contributed by atoms with E-state index in [1.807, 2.05) is 0 Å². The minimum atomic E-state index is 0. The van der Waals surface area contributed by atoms with Gasteiger partial charge in [0, 0.05) is 12.6 Å². The zero-order valence-corrected chi connectivity index (χ0v) is 5.62. The van der Waals surface area contributed by atoms with Crippen LogP contribution in [0.3, 0.4) is 0 Å². The van der Waals surface area contributed by atoms with Crippen LogP contribution < -0.4 is 5.73 Å². The predicted molar refractivity (Wildman–Crippen MR) is 35.3 cm³/mol. The van der Waals surface area contributed by atoms with Crippen LogP contribution in [0.5, 0.6) is 0 Å². The van der Waals surface area contributed by atoms with Crippen molar-refractivity contribution in [1.29, 1.82) is 0 Å². The van der Waals surface area contributed by atoms with E-state index in [9.17, 15) is 0 Å². The summed E-state index contributed by atoms with van der Waals surface area (Å²) in [5.41, 5.74) is 5.51. The molecule has 2 nitrogen and oxygen atoms in total.